The standard InChI is InChI=1S/C74H112N10O16/c1-47-16-12-11-13-17-49(3)61(95-9)40-57-21-19-54(8)74(94,100-57)68(90)69(91)84-24-15-14-18-58(84)70(92)98-62(41-59(85)50(4)37-53(7)66(88)67(89)65(87)52(6)36-47)51(5)38-55-20-22-60(63(39-55)96-10)99-73(93)79-46-56-44-77-72(78-45-56)83-31-29-81(30-32-83)64(86)23-34-97-35-33-80-25-27-82(28-26-80)71-75-42-48(2)43-76-71/h11-13,16-17,37,42-45,47,50-52,54-55,57-63,66-67,85,88-89,94H,14-15,18-36,38-41,46H2,1-10H3,(H,79,93)/b13-11+,16-12+,49-17+,53-37+/t47-,50-,51-,52-,54-,55+,57+,58+,59-,60-,61+,62+,63-,66-,67+,74-/m1/s1. The number of rotatable bonds is 16. The Morgan fingerprint density at radius 1 is 0.730 bits per heavy atom. The second kappa shape index (κ2) is 38.1. The van der Waals surface area contributed by atoms with Crippen LogP contribution in [0.3, 0.4) is 0 Å². The molecule has 0 radical (unpaired) electrons. The van der Waals surface area contributed by atoms with Gasteiger partial charge in [0, 0.05) is 147 Å². The van der Waals surface area contributed by atoms with E-state index in [1.165, 1.54) is 4.90 Å². The summed E-state index contributed by atoms with van der Waals surface area (Å²) < 4.78 is 36.3. The van der Waals surface area contributed by atoms with Crippen molar-refractivity contribution in [3.63, 3.8) is 0 Å². The van der Waals surface area contributed by atoms with Crippen LogP contribution in [0, 0.1) is 42.4 Å². The Morgan fingerprint density at radius 3 is 2.09 bits per heavy atom. The van der Waals surface area contributed by atoms with Crippen molar-refractivity contribution in [1.82, 2.24) is 40.0 Å². The lowest BCUT2D eigenvalue weighted by Crippen LogP contribution is -2.61. The highest BCUT2D eigenvalue weighted by molar-refractivity contribution is 6.39. The summed E-state index contributed by atoms with van der Waals surface area (Å²) in [6.07, 6.45) is 14.9. The number of cyclic esters (lactones) is 1. The Bertz CT molecular complexity index is 3120. The van der Waals surface area contributed by atoms with E-state index in [1.807, 2.05) is 80.3 Å². The van der Waals surface area contributed by atoms with E-state index < -0.39 is 114 Å². The van der Waals surface area contributed by atoms with Crippen LogP contribution in [0.25, 0.3) is 0 Å². The van der Waals surface area contributed by atoms with Gasteiger partial charge in [-0.25, -0.2) is 29.5 Å². The van der Waals surface area contributed by atoms with Crippen LogP contribution in [-0.4, -0.2) is 244 Å². The average Bonchev–Trinajstić information content (AvgIpc) is 0.773. The molecule has 6 aliphatic rings. The van der Waals surface area contributed by atoms with Crippen molar-refractivity contribution >= 4 is 47.3 Å². The zero-order chi connectivity index (χ0) is 72.2. The zero-order valence-corrected chi connectivity index (χ0v) is 60.5. The van der Waals surface area contributed by atoms with Crippen molar-refractivity contribution in [2.24, 2.45) is 35.5 Å². The molecule has 5 fully saturated rings. The number of ether oxygens (including phenoxy) is 6. The molecule has 3 amide bonds. The van der Waals surface area contributed by atoms with Gasteiger partial charge in [0.25, 0.3) is 11.7 Å². The summed E-state index contributed by atoms with van der Waals surface area (Å²) in [6.45, 7) is 22.0. The van der Waals surface area contributed by atoms with Gasteiger partial charge in [-0.1, -0.05) is 71.1 Å². The summed E-state index contributed by atoms with van der Waals surface area (Å²) in [5, 5.41) is 49.5. The topological polar surface area (TPSA) is 319 Å². The maximum atomic E-state index is 14.8. The number of aromatic nitrogens is 4. The molecule has 8 rings (SSSR count). The van der Waals surface area contributed by atoms with Gasteiger partial charge in [-0.2, -0.15) is 0 Å². The van der Waals surface area contributed by atoms with Crippen molar-refractivity contribution in [1.29, 1.82) is 0 Å². The molecule has 0 unspecified atom stereocenters. The van der Waals surface area contributed by atoms with E-state index in [-0.39, 0.29) is 55.7 Å². The average molecular weight is 1400 g/mol. The number of carbonyl (C=O) groups is 6. The van der Waals surface area contributed by atoms with E-state index in [0.29, 0.717) is 115 Å². The number of piperazine rings is 2. The summed E-state index contributed by atoms with van der Waals surface area (Å²) in [5.41, 5.74) is 2.82. The minimum absolute atomic E-state index is 0.0131. The molecule has 26 heteroatoms. The summed E-state index contributed by atoms with van der Waals surface area (Å²) in [6, 6.07) is -1.19. The van der Waals surface area contributed by atoms with Gasteiger partial charge >= 0.3 is 12.1 Å². The lowest BCUT2D eigenvalue weighted by molar-refractivity contribution is -0.265. The van der Waals surface area contributed by atoms with Crippen LogP contribution in [0.1, 0.15) is 143 Å². The van der Waals surface area contributed by atoms with Gasteiger partial charge in [-0.15, -0.1) is 0 Å². The Balaban J connectivity index is 0.843. The summed E-state index contributed by atoms with van der Waals surface area (Å²) in [5.74, 6) is -7.14. The fourth-order valence-corrected chi connectivity index (χ4v) is 14.6. The van der Waals surface area contributed by atoms with E-state index in [1.54, 1.807) is 60.4 Å². The minimum atomic E-state index is -2.48. The van der Waals surface area contributed by atoms with Crippen molar-refractivity contribution < 1.29 is 77.6 Å². The number of alkyl carbamates (subject to hydrolysis) is 1. The molecule has 26 nitrogen and oxygen atoms in total. The number of esters is 1. The maximum absolute atomic E-state index is 14.8. The van der Waals surface area contributed by atoms with Crippen molar-refractivity contribution in [2.45, 2.75) is 206 Å². The van der Waals surface area contributed by atoms with Gasteiger partial charge in [-0.3, -0.25) is 24.1 Å². The van der Waals surface area contributed by atoms with E-state index in [9.17, 15) is 49.2 Å². The first-order valence-corrected chi connectivity index (χ1v) is 36.3. The third-order valence-corrected chi connectivity index (χ3v) is 21.1. The molecule has 2 aromatic rings. The Labute approximate surface area is 590 Å². The number of aliphatic hydroxyl groups is 4. The fourth-order valence-electron chi connectivity index (χ4n) is 14.6. The number of ketones is 2. The summed E-state index contributed by atoms with van der Waals surface area (Å²) >= 11 is 0. The molecule has 0 aromatic carbocycles. The maximum Gasteiger partial charge on any atom is 0.407 e. The molecular formula is C74H112N10O16. The number of anilines is 2. The van der Waals surface area contributed by atoms with Gasteiger partial charge in [0.15, 0.2) is 5.78 Å². The van der Waals surface area contributed by atoms with Crippen molar-refractivity contribution in [3.8, 4) is 0 Å². The molecule has 16 atom stereocenters. The summed E-state index contributed by atoms with van der Waals surface area (Å²) in [4.78, 5) is 111. The third kappa shape index (κ3) is 22.0. The fraction of sp³-hybridized carbons (Fsp3) is 0.703. The largest absolute Gasteiger partial charge is 0.460 e. The predicted octanol–water partition coefficient (Wildman–Crippen LogP) is 6.02. The van der Waals surface area contributed by atoms with Crippen LogP contribution < -0.4 is 15.1 Å². The number of carbonyl (C=O) groups excluding carboxylic acids is 6. The first-order valence-electron chi connectivity index (χ1n) is 36.3. The highest BCUT2D eigenvalue weighted by atomic mass is 16.6. The van der Waals surface area contributed by atoms with Crippen LogP contribution >= 0.6 is 0 Å². The highest BCUT2D eigenvalue weighted by Crippen LogP contribution is 2.39. The molecule has 554 valence electrons. The smallest absolute Gasteiger partial charge is 0.407 e. The van der Waals surface area contributed by atoms with Gasteiger partial charge < -0.3 is 73.8 Å². The lowest BCUT2D eigenvalue weighted by Gasteiger charge is -2.43. The second-order valence-corrected chi connectivity index (χ2v) is 28.8. The molecule has 2 bridgehead atoms. The number of allylic oxidation sites excluding steroid dienone is 5. The number of piperidine rings is 1. The molecule has 5 aliphatic heterocycles. The number of Topliss-reactive ketones (excluding diaryl/α,β-unsaturated/α-hetero) is 2. The number of amides is 3. The predicted molar refractivity (Wildman–Crippen MR) is 374 cm³/mol. The Hall–Kier alpha value is -6.62. The molecular weight excluding hydrogens is 1280 g/mol. The molecule has 1 saturated carbocycles. The van der Waals surface area contributed by atoms with E-state index >= 15 is 0 Å². The molecule has 100 heavy (non-hydrogen) atoms. The first-order chi connectivity index (χ1) is 47.8. The van der Waals surface area contributed by atoms with Crippen molar-refractivity contribution in [3.05, 3.63) is 83.5 Å². The molecule has 1 aliphatic carbocycles. The van der Waals surface area contributed by atoms with Gasteiger partial charge in [-0.05, 0) is 119 Å². The van der Waals surface area contributed by atoms with E-state index in [4.69, 9.17) is 28.4 Å². The number of hydrogen-bond acceptors (Lipinski definition) is 23. The Kier molecular flexibility index (Phi) is 30.1. The van der Waals surface area contributed by atoms with Crippen LogP contribution in [0.4, 0.5) is 16.7 Å². The Morgan fingerprint density at radius 2 is 1.41 bits per heavy atom. The third-order valence-electron chi connectivity index (χ3n) is 21.1. The zero-order valence-electron chi connectivity index (χ0n) is 60.5. The number of nitrogens with one attached hydrogen (secondary N) is 1. The van der Waals surface area contributed by atoms with E-state index in [2.05, 4.69) is 35.1 Å². The monoisotopic (exact) mass is 1400 g/mol. The number of methoxy groups -OCH3 is 2. The molecule has 7 heterocycles. The van der Waals surface area contributed by atoms with Gasteiger partial charge in [0.2, 0.25) is 23.6 Å². The number of fused-ring (bicyclic) bond motifs is 3. The minimum Gasteiger partial charge on any atom is -0.460 e. The molecule has 2 aromatic heterocycles. The molecule has 4 saturated heterocycles. The van der Waals surface area contributed by atoms with Gasteiger partial charge in [0.05, 0.1) is 44.1 Å². The second-order valence-electron chi connectivity index (χ2n) is 28.8. The van der Waals surface area contributed by atoms with E-state index in [0.717, 1.165) is 49.8 Å². The SMILES string of the molecule is CO[C@H]1C[C@@H]2CC[C@@H](C)[C@@](O)(O2)C(=O)C(=O)N2CCCC[C@H]2C(=O)O[C@H]([C@H](C)C[C@@H]2CC[C@@H](OC(=O)NCc3cnc(N4CCN(C(=O)CCOCCN5CCN(c6ncc(C)cn6)CC5)CC4)nc3)[C@H](OC)C2)C[C@@H](O)[C@H](C)/C=C(\C)[C@@H](O)[C@@H](O)C(=O)[C@H](C)C[C@H](C)/C=C/C=C/C=C/1C. The van der Waals surface area contributed by atoms with Gasteiger partial charge in [0.1, 0.15) is 30.5 Å². The normalized spacial score (nSPS) is 33.1. The number of aliphatic hydroxyl groups excluding tert-OH is 3. The van der Waals surface area contributed by atoms with Crippen LogP contribution in [0.2, 0.25) is 0 Å². The summed E-state index contributed by atoms with van der Waals surface area (Å²) in [7, 11) is 3.12. The molecule has 5 N–H and O–H groups in total. The van der Waals surface area contributed by atoms with Crippen molar-refractivity contribution in [2.75, 3.05) is 103 Å². The number of aryl methyl sites for hydroxylation is 1. The highest BCUT2D eigenvalue weighted by Gasteiger charge is 2.53. The molecule has 0 spiro atoms. The quantitative estimate of drug-likeness (QED) is 0.0555. The van der Waals surface area contributed by atoms with Crippen LogP contribution in [0.5, 0.6) is 0 Å². The number of nitrogens with zero attached hydrogens (tertiary/aromatic N) is 9. The lowest BCUT2D eigenvalue weighted by atomic mass is 9.78. The number of hydrogen-bond donors (Lipinski definition) is 5. The first kappa shape index (κ1) is 79.1. The van der Waals surface area contributed by atoms with Crippen LogP contribution in [0.15, 0.2) is 72.4 Å². The van der Waals surface area contributed by atoms with Crippen LogP contribution in [-0.2, 0) is 58.9 Å².